The van der Waals surface area contributed by atoms with E-state index >= 15 is 0 Å². The Bertz CT molecular complexity index is 1690. The number of fused-ring (bicyclic) bond motifs is 1. The van der Waals surface area contributed by atoms with Crippen LogP contribution < -0.4 is 22.0 Å². The summed E-state index contributed by atoms with van der Waals surface area (Å²) in [5.74, 6) is -1.85. The summed E-state index contributed by atoms with van der Waals surface area (Å²) < 4.78 is 6.40. The third kappa shape index (κ3) is 9.97. The molecular formula is C32H37ClN6O6. The third-order valence-corrected chi connectivity index (χ3v) is 6.89. The van der Waals surface area contributed by atoms with E-state index < -0.39 is 24.3 Å². The number of H-pyrrole nitrogens is 1. The van der Waals surface area contributed by atoms with Gasteiger partial charge in [0.2, 0.25) is 12.3 Å². The number of aromatic nitrogens is 2. The van der Waals surface area contributed by atoms with Crippen LogP contribution in [-0.4, -0.2) is 58.5 Å². The molecule has 5 N–H and O–H groups in total. The quantitative estimate of drug-likeness (QED) is 0.0816. The van der Waals surface area contributed by atoms with Gasteiger partial charge in [0.25, 0.3) is 11.5 Å². The monoisotopic (exact) mass is 636 g/mol. The van der Waals surface area contributed by atoms with Crippen molar-refractivity contribution in [2.45, 2.75) is 39.7 Å². The topological polar surface area (TPSA) is 169 Å². The zero-order valence-electron chi connectivity index (χ0n) is 25.3. The standard InChI is InChI=1S/C16H16ClN3O.C16H21N3O5/c1-9(2)20-6-5-11-8-14(19-15(11)16(20)21)10-3-4-13(18)12(17)7-10;1-2-24-16(23)11-19(18-12-20)15(22)9-8-14(21)17-10-13-6-4-3-5-7-13/h3-9,19H,18H2,1-2H3;4,6-9,12H,2-3,5,10-11H2,1H3,(H,17,21)(H,18,20)/b;9-8+. The van der Waals surface area contributed by atoms with Crippen molar-refractivity contribution in [3.63, 3.8) is 0 Å². The van der Waals surface area contributed by atoms with Crippen LogP contribution in [0.4, 0.5) is 5.69 Å². The lowest BCUT2D eigenvalue weighted by molar-refractivity contribution is -0.150. The van der Waals surface area contributed by atoms with Gasteiger partial charge in [0.1, 0.15) is 12.1 Å². The number of benzene rings is 1. The first-order valence-corrected chi connectivity index (χ1v) is 14.7. The number of nitrogens with one attached hydrogen (secondary N) is 3. The fraction of sp³-hybridized carbons (Fsp3) is 0.281. The molecule has 0 fully saturated rings. The molecule has 0 saturated heterocycles. The summed E-state index contributed by atoms with van der Waals surface area (Å²) in [7, 11) is 0. The number of anilines is 1. The second-order valence-corrected chi connectivity index (χ2v) is 10.6. The van der Waals surface area contributed by atoms with E-state index in [1.165, 1.54) is 0 Å². The van der Waals surface area contributed by atoms with Crippen LogP contribution in [0.15, 0.2) is 77.3 Å². The molecule has 3 aromatic rings. The molecule has 1 aliphatic carbocycles. The molecule has 0 radical (unpaired) electrons. The van der Waals surface area contributed by atoms with Crippen molar-refractivity contribution in [2.24, 2.45) is 0 Å². The fourth-order valence-corrected chi connectivity index (χ4v) is 4.44. The number of carbonyl (C=O) groups excluding carboxylic acids is 4. The number of hydrogen-bond acceptors (Lipinski definition) is 7. The molecule has 3 amide bonds. The highest BCUT2D eigenvalue weighted by Gasteiger charge is 2.16. The number of rotatable bonds is 11. The number of nitrogens with zero attached hydrogens (tertiary/aromatic N) is 2. The van der Waals surface area contributed by atoms with Gasteiger partial charge in [0.15, 0.2) is 0 Å². The first-order chi connectivity index (χ1) is 21.5. The number of carbonyl (C=O) groups is 4. The third-order valence-electron chi connectivity index (χ3n) is 6.56. The number of halogens is 1. The maximum absolute atomic E-state index is 12.4. The summed E-state index contributed by atoms with van der Waals surface area (Å²) >= 11 is 6.06. The van der Waals surface area contributed by atoms with E-state index in [9.17, 15) is 24.0 Å². The highest BCUT2D eigenvalue weighted by atomic mass is 35.5. The molecular weight excluding hydrogens is 600 g/mol. The van der Waals surface area contributed by atoms with Gasteiger partial charge in [-0.25, -0.2) is 5.01 Å². The number of nitrogens with two attached hydrogens (primary N) is 1. The Morgan fingerprint density at radius 2 is 1.96 bits per heavy atom. The Morgan fingerprint density at radius 1 is 1.18 bits per heavy atom. The molecule has 0 unspecified atom stereocenters. The van der Waals surface area contributed by atoms with Crippen LogP contribution in [0.1, 0.15) is 39.7 Å². The normalized spacial score (nSPS) is 12.3. The molecule has 2 aromatic heterocycles. The van der Waals surface area contributed by atoms with Crippen molar-refractivity contribution in [2.75, 3.05) is 25.4 Å². The van der Waals surface area contributed by atoms with Crippen molar-refractivity contribution in [3.05, 3.63) is 87.9 Å². The Balaban J connectivity index is 0.000000247. The summed E-state index contributed by atoms with van der Waals surface area (Å²) in [6.07, 6.45) is 12.0. The van der Waals surface area contributed by atoms with Crippen LogP contribution in [0.2, 0.25) is 5.02 Å². The summed E-state index contributed by atoms with van der Waals surface area (Å²) in [6, 6.07) is 9.45. The zero-order chi connectivity index (χ0) is 32.9. The average Bonchev–Trinajstić information content (AvgIpc) is 3.46. The van der Waals surface area contributed by atoms with Crippen LogP contribution in [0.25, 0.3) is 22.2 Å². The first-order valence-electron chi connectivity index (χ1n) is 14.3. The number of nitrogen functional groups attached to an aromatic ring is 1. The van der Waals surface area contributed by atoms with Crippen LogP contribution in [-0.2, 0) is 23.9 Å². The molecule has 4 rings (SSSR count). The lowest BCUT2D eigenvalue weighted by Crippen LogP contribution is -2.45. The number of amides is 3. The SMILES string of the molecule is CC(C)n1ccc2cc(-c3ccc(N)c(Cl)c3)[nH]c2c1=O.CCOC(=O)CN(NC=O)C(=O)/C=C/C(=O)NCC1=CCCC=C1. The second-order valence-electron chi connectivity index (χ2n) is 10.2. The van der Waals surface area contributed by atoms with Crippen molar-refractivity contribution in [1.29, 1.82) is 0 Å². The molecule has 0 atom stereocenters. The van der Waals surface area contributed by atoms with E-state index in [1.807, 2.05) is 56.5 Å². The van der Waals surface area contributed by atoms with Crippen molar-refractivity contribution in [1.82, 2.24) is 25.3 Å². The molecule has 1 aliphatic rings. The molecule has 0 bridgehead atoms. The highest BCUT2D eigenvalue weighted by Crippen LogP contribution is 2.28. The van der Waals surface area contributed by atoms with E-state index in [2.05, 4.69) is 15.7 Å². The Hall–Kier alpha value is -5.10. The predicted octanol–water partition coefficient (Wildman–Crippen LogP) is 3.80. The molecule has 1 aromatic carbocycles. The minimum Gasteiger partial charge on any atom is -0.465 e. The largest absolute Gasteiger partial charge is 0.465 e. The Labute approximate surface area is 265 Å². The van der Waals surface area contributed by atoms with Crippen molar-refractivity contribution in [3.8, 4) is 11.3 Å². The van der Waals surface area contributed by atoms with Gasteiger partial charge in [-0.05, 0) is 69.0 Å². The minimum absolute atomic E-state index is 0.0182. The number of allylic oxidation sites excluding steroid dienone is 2. The van der Waals surface area contributed by atoms with Gasteiger partial charge in [-0.1, -0.05) is 35.9 Å². The van der Waals surface area contributed by atoms with Crippen LogP contribution in [0.3, 0.4) is 0 Å². The summed E-state index contributed by atoms with van der Waals surface area (Å²) in [4.78, 5) is 61.1. The Kier molecular flexibility index (Phi) is 12.7. The minimum atomic E-state index is -0.720. The highest BCUT2D eigenvalue weighted by molar-refractivity contribution is 6.33. The molecule has 45 heavy (non-hydrogen) atoms. The molecule has 238 valence electrons. The molecule has 2 heterocycles. The van der Waals surface area contributed by atoms with E-state index in [1.54, 1.807) is 23.6 Å². The van der Waals surface area contributed by atoms with Gasteiger partial charge in [0.05, 0.1) is 17.3 Å². The van der Waals surface area contributed by atoms with Crippen LogP contribution in [0.5, 0.6) is 0 Å². The number of esters is 1. The van der Waals surface area contributed by atoms with E-state index in [-0.39, 0.29) is 24.6 Å². The number of hydrazine groups is 1. The van der Waals surface area contributed by atoms with Gasteiger partial charge in [-0.2, -0.15) is 0 Å². The van der Waals surface area contributed by atoms with Crippen LogP contribution >= 0.6 is 11.6 Å². The average molecular weight is 637 g/mol. The number of hydrogen-bond donors (Lipinski definition) is 4. The first kappa shape index (κ1) is 34.4. The van der Waals surface area contributed by atoms with Gasteiger partial charge in [-0.3, -0.25) is 29.4 Å². The van der Waals surface area contributed by atoms with Gasteiger partial charge < -0.3 is 25.3 Å². The van der Waals surface area contributed by atoms with E-state index in [0.717, 1.165) is 52.2 Å². The summed E-state index contributed by atoms with van der Waals surface area (Å²) in [5, 5.41) is 4.79. The number of aromatic amines is 1. The second kappa shape index (κ2) is 16.7. The smallest absolute Gasteiger partial charge is 0.327 e. The van der Waals surface area contributed by atoms with E-state index in [4.69, 9.17) is 22.1 Å². The maximum atomic E-state index is 12.4. The predicted molar refractivity (Wildman–Crippen MR) is 174 cm³/mol. The van der Waals surface area contributed by atoms with Crippen molar-refractivity contribution >= 4 is 52.4 Å². The number of ether oxygens (including phenoxy) is 1. The Morgan fingerprint density at radius 3 is 2.60 bits per heavy atom. The summed E-state index contributed by atoms with van der Waals surface area (Å²) in [6.45, 7) is 5.67. The van der Waals surface area contributed by atoms with Crippen LogP contribution in [0, 0.1) is 0 Å². The maximum Gasteiger partial charge on any atom is 0.327 e. The molecule has 0 spiro atoms. The zero-order valence-corrected chi connectivity index (χ0v) is 26.1. The van der Waals surface area contributed by atoms with Gasteiger partial charge >= 0.3 is 5.97 Å². The summed E-state index contributed by atoms with van der Waals surface area (Å²) in [5.41, 5.74) is 11.7. The molecule has 0 aliphatic heterocycles. The van der Waals surface area contributed by atoms with Gasteiger partial charge in [-0.15, -0.1) is 0 Å². The van der Waals surface area contributed by atoms with Crippen molar-refractivity contribution < 1.29 is 23.9 Å². The van der Waals surface area contributed by atoms with E-state index in [0.29, 0.717) is 22.8 Å². The molecule has 12 nitrogen and oxygen atoms in total. The molecule has 0 saturated carbocycles. The fourth-order valence-electron chi connectivity index (χ4n) is 4.26. The lowest BCUT2D eigenvalue weighted by Gasteiger charge is -2.17. The lowest BCUT2D eigenvalue weighted by atomic mass is 10.1. The molecule has 13 heteroatoms. The van der Waals surface area contributed by atoms with Gasteiger partial charge in [0, 0.05) is 42.0 Å². The number of pyridine rings is 1.